The highest BCUT2D eigenvalue weighted by molar-refractivity contribution is 7.36. The monoisotopic (exact) mass is 236 g/mol. The van der Waals surface area contributed by atoms with Gasteiger partial charge in [0.25, 0.3) is 8.18 Å². The van der Waals surface area contributed by atoms with Gasteiger partial charge in [-0.15, -0.1) is 0 Å². The predicted molar refractivity (Wildman–Crippen MR) is 60.5 cm³/mol. The van der Waals surface area contributed by atoms with Crippen LogP contribution in [0.25, 0.3) is 0 Å². The Balaban J connectivity index is 2.29. The van der Waals surface area contributed by atoms with E-state index >= 15 is 0 Å². The molecule has 0 aliphatic carbocycles. The second kappa shape index (κ2) is 5.97. The molecule has 1 aliphatic rings. The van der Waals surface area contributed by atoms with Crippen molar-refractivity contribution in [2.75, 3.05) is 40.8 Å². The lowest BCUT2D eigenvalue weighted by atomic mass is 10.2. The molecule has 0 saturated carbocycles. The number of rotatable bonds is 4. The largest absolute Gasteiger partial charge is 0.370 e. The van der Waals surface area contributed by atoms with Crippen molar-refractivity contribution in [2.24, 2.45) is 0 Å². The van der Waals surface area contributed by atoms with Crippen LogP contribution in [0.4, 0.5) is 0 Å². The van der Waals surface area contributed by atoms with Gasteiger partial charge >= 0.3 is 0 Å². The van der Waals surface area contributed by atoms with Crippen LogP contribution in [0.5, 0.6) is 0 Å². The van der Waals surface area contributed by atoms with E-state index in [0.29, 0.717) is 6.61 Å². The van der Waals surface area contributed by atoms with E-state index in [1.165, 1.54) is 0 Å². The Morgan fingerprint density at radius 3 is 2.73 bits per heavy atom. The summed E-state index contributed by atoms with van der Waals surface area (Å²) in [5, 5.41) is 0. The van der Waals surface area contributed by atoms with Crippen LogP contribution in [-0.2, 0) is 13.8 Å². The first-order valence-electron chi connectivity index (χ1n) is 5.17. The summed E-state index contributed by atoms with van der Waals surface area (Å²) < 4.78 is 23.9. The number of morpholine rings is 1. The third-order valence-corrected chi connectivity index (χ3v) is 3.41. The quantitative estimate of drug-likeness (QED) is 0.671. The third-order valence-electron chi connectivity index (χ3n) is 2.27. The lowest BCUT2D eigenvalue weighted by Crippen LogP contribution is -2.46. The van der Waals surface area contributed by atoms with Gasteiger partial charge in [-0.2, -0.15) is 0 Å². The van der Waals surface area contributed by atoms with Crippen LogP contribution in [0.15, 0.2) is 0 Å². The van der Waals surface area contributed by atoms with Crippen molar-refractivity contribution >= 4 is 8.18 Å². The van der Waals surface area contributed by atoms with Crippen molar-refractivity contribution < 1.29 is 13.8 Å². The van der Waals surface area contributed by atoms with Crippen LogP contribution in [0, 0.1) is 0 Å². The van der Waals surface area contributed by atoms with E-state index < -0.39 is 8.18 Å². The molecule has 1 unspecified atom stereocenters. The fourth-order valence-corrected chi connectivity index (χ4v) is 2.25. The predicted octanol–water partition coefficient (Wildman–Crippen LogP) is 0.673. The second-order valence-corrected chi connectivity index (χ2v) is 5.98. The van der Waals surface area contributed by atoms with Crippen LogP contribution in [0.1, 0.15) is 6.92 Å². The minimum atomic E-state index is -2.06. The molecule has 3 atom stereocenters. The van der Waals surface area contributed by atoms with E-state index in [9.17, 15) is 4.57 Å². The number of likely N-dealkylation sites (N-methyl/N-ethyl adjacent to an activating group) is 1. The zero-order valence-electron chi connectivity index (χ0n) is 9.90. The van der Waals surface area contributed by atoms with Gasteiger partial charge in [0.2, 0.25) is 0 Å². The van der Waals surface area contributed by atoms with Crippen LogP contribution in [0.2, 0.25) is 0 Å². The normalized spacial score (nSPS) is 30.7. The molecule has 0 amide bonds. The molecule has 0 bridgehead atoms. The number of ether oxygens (including phenoxy) is 1. The van der Waals surface area contributed by atoms with E-state index in [4.69, 9.17) is 9.26 Å². The molecule has 0 aromatic heterocycles. The van der Waals surface area contributed by atoms with Gasteiger partial charge < -0.3 is 14.2 Å². The van der Waals surface area contributed by atoms with E-state index in [1.54, 1.807) is 18.8 Å². The summed E-state index contributed by atoms with van der Waals surface area (Å²) in [6.07, 6.45) is 0.256. The molecule has 6 heteroatoms. The van der Waals surface area contributed by atoms with E-state index in [2.05, 4.69) is 11.9 Å². The number of nitrogens with zero attached hydrogens (tertiary/aromatic N) is 2. The Morgan fingerprint density at radius 1 is 1.53 bits per heavy atom. The summed E-state index contributed by atoms with van der Waals surface area (Å²) in [6, 6.07) is 0. The molecular formula is C9H21N2O3P. The SMILES string of the molecule is C[C@H]1CN(C)C[C@@H](CO[PH](=O)N(C)C)O1. The highest BCUT2D eigenvalue weighted by atomic mass is 31.1. The molecule has 15 heavy (non-hydrogen) atoms. The summed E-state index contributed by atoms with van der Waals surface area (Å²) in [5.41, 5.74) is 0. The average molecular weight is 236 g/mol. The third kappa shape index (κ3) is 4.62. The summed E-state index contributed by atoms with van der Waals surface area (Å²) in [6.45, 7) is 4.23. The molecule has 1 heterocycles. The minimum absolute atomic E-state index is 0.0349. The highest BCUT2D eigenvalue weighted by Gasteiger charge is 2.23. The maximum absolute atomic E-state index is 11.4. The standard InChI is InChI=1S/C9H21N2O3P/c1-8-5-11(4)6-9(14-8)7-13-15(12)10(2)3/h8-9,15H,5-7H2,1-4H3/t8-,9-/m0/s1. The Kier molecular flexibility index (Phi) is 5.23. The fraction of sp³-hybridized carbons (Fsp3) is 1.00. The van der Waals surface area contributed by atoms with Crippen molar-refractivity contribution in [3.8, 4) is 0 Å². The highest BCUT2D eigenvalue weighted by Crippen LogP contribution is 2.25. The van der Waals surface area contributed by atoms with Crippen molar-refractivity contribution in [3.05, 3.63) is 0 Å². The van der Waals surface area contributed by atoms with Crippen LogP contribution >= 0.6 is 8.18 Å². The molecular weight excluding hydrogens is 215 g/mol. The Labute approximate surface area is 92.2 Å². The molecule has 1 fully saturated rings. The van der Waals surface area contributed by atoms with Gasteiger partial charge in [0.15, 0.2) is 0 Å². The van der Waals surface area contributed by atoms with E-state index in [-0.39, 0.29) is 12.2 Å². The van der Waals surface area contributed by atoms with E-state index in [0.717, 1.165) is 13.1 Å². The molecule has 0 N–H and O–H groups in total. The minimum Gasteiger partial charge on any atom is -0.370 e. The molecule has 1 aliphatic heterocycles. The maximum Gasteiger partial charge on any atom is 0.260 e. The Morgan fingerprint density at radius 2 is 2.20 bits per heavy atom. The van der Waals surface area contributed by atoms with Crippen molar-refractivity contribution in [1.82, 2.24) is 9.57 Å². The Hall–Kier alpha value is 0.0700. The van der Waals surface area contributed by atoms with Gasteiger partial charge in [0.05, 0.1) is 18.8 Å². The first-order valence-corrected chi connectivity index (χ1v) is 6.43. The summed E-state index contributed by atoms with van der Waals surface area (Å²) >= 11 is 0. The van der Waals surface area contributed by atoms with Gasteiger partial charge in [-0.05, 0) is 28.1 Å². The average Bonchev–Trinajstić information content (AvgIpc) is 2.12. The number of hydrogen-bond acceptors (Lipinski definition) is 4. The first-order chi connectivity index (χ1) is 6.99. The fourth-order valence-electron chi connectivity index (χ4n) is 1.66. The first kappa shape index (κ1) is 13.1. The van der Waals surface area contributed by atoms with Crippen molar-refractivity contribution in [1.29, 1.82) is 0 Å². The van der Waals surface area contributed by atoms with Crippen molar-refractivity contribution in [3.63, 3.8) is 0 Å². The van der Waals surface area contributed by atoms with Gasteiger partial charge in [-0.3, -0.25) is 4.57 Å². The van der Waals surface area contributed by atoms with Gasteiger partial charge in [0, 0.05) is 13.1 Å². The smallest absolute Gasteiger partial charge is 0.260 e. The zero-order chi connectivity index (χ0) is 11.4. The molecule has 5 nitrogen and oxygen atoms in total. The summed E-state index contributed by atoms with van der Waals surface area (Å²) in [4.78, 5) is 2.20. The molecule has 90 valence electrons. The summed E-state index contributed by atoms with van der Waals surface area (Å²) in [7, 11) is 3.50. The summed E-state index contributed by atoms with van der Waals surface area (Å²) in [5.74, 6) is 0. The molecule has 1 saturated heterocycles. The van der Waals surface area contributed by atoms with Gasteiger partial charge in [-0.25, -0.2) is 4.67 Å². The number of hydrogen-bond donors (Lipinski definition) is 0. The lowest BCUT2D eigenvalue weighted by Gasteiger charge is -2.34. The topological polar surface area (TPSA) is 42.0 Å². The molecule has 0 spiro atoms. The van der Waals surface area contributed by atoms with Crippen LogP contribution in [0.3, 0.4) is 0 Å². The molecule has 1 rings (SSSR count). The zero-order valence-corrected chi connectivity index (χ0v) is 10.9. The van der Waals surface area contributed by atoms with Crippen molar-refractivity contribution in [2.45, 2.75) is 19.1 Å². The van der Waals surface area contributed by atoms with Gasteiger partial charge in [0.1, 0.15) is 0 Å². The van der Waals surface area contributed by atoms with Gasteiger partial charge in [-0.1, -0.05) is 0 Å². The lowest BCUT2D eigenvalue weighted by molar-refractivity contribution is -0.0845. The molecule has 0 radical (unpaired) electrons. The van der Waals surface area contributed by atoms with Crippen LogP contribution < -0.4 is 0 Å². The van der Waals surface area contributed by atoms with Crippen LogP contribution in [-0.4, -0.2) is 62.6 Å². The molecule has 0 aromatic rings. The van der Waals surface area contributed by atoms with E-state index in [1.807, 2.05) is 6.92 Å². The maximum atomic E-state index is 11.4. The molecule has 0 aromatic carbocycles. The second-order valence-electron chi connectivity index (χ2n) is 4.26. The Bertz CT molecular complexity index is 215.